The number of aliphatic hydroxyl groups excluding tert-OH is 1. The van der Waals surface area contributed by atoms with Crippen LogP contribution in [-0.4, -0.2) is 16.5 Å². The van der Waals surface area contributed by atoms with Gasteiger partial charge in [0.2, 0.25) is 0 Å². The van der Waals surface area contributed by atoms with Gasteiger partial charge < -0.3 is 5.11 Å². The average Bonchev–Trinajstić information content (AvgIpc) is 2.10. The van der Waals surface area contributed by atoms with Gasteiger partial charge in [-0.15, -0.1) is 0 Å². The molecule has 1 nitrogen and oxygen atoms in total. The van der Waals surface area contributed by atoms with Gasteiger partial charge in [0, 0.05) is 5.25 Å². The zero-order chi connectivity index (χ0) is 7.78. The third-order valence-corrected chi connectivity index (χ3v) is 3.23. The predicted molar refractivity (Wildman–Crippen MR) is 46.4 cm³/mol. The van der Waals surface area contributed by atoms with E-state index in [4.69, 9.17) is 0 Å². The quantitative estimate of drug-likeness (QED) is 0.561. The molecule has 0 bridgehead atoms. The highest BCUT2D eigenvalue weighted by Gasteiger charge is 2.38. The first-order chi connectivity index (χ1) is 4.57. The molecule has 0 spiro atoms. The summed E-state index contributed by atoms with van der Waals surface area (Å²) in [7, 11) is 0. The molecule has 10 heavy (non-hydrogen) atoms. The van der Waals surface area contributed by atoms with Crippen LogP contribution in [0, 0.1) is 5.41 Å². The molecule has 60 valence electrons. The van der Waals surface area contributed by atoms with E-state index in [2.05, 4.69) is 26.5 Å². The van der Waals surface area contributed by atoms with E-state index in [0.717, 1.165) is 19.3 Å². The number of thiol groups is 1. The minimum absolute atomic E-state index is 0.173. The molecule has 1 rings (SSSR count). The molecule has 0 radical (unpaired) electrons. The van der Waals surface area contributed by atoms with Crippen LogP contribution in [0.15, 0.2) is 0 Å². The monoisotopic (exact) mass is 160 g/mol. The van der Waals surface area contributed by atoms with Crippen molar-refractivity contribution in [3.05, 3.63) is 0 Å². The molecule has 3 unspecified atom stereocenters. The van der Waals surface area contributed by atoms with Gasteiger partial charge in [-0.05, 0) is 18.3 Å². The van der Waals surface area contributed by atoms with Crippen LogP contribution in [0.4, 0.5) is 0 Å². The molecule has 1 aliphatic carbocycles. The zero-order valence-corrected chi connectivity index (χ0v) is 7.56. The van der Waals surface area contributed by atoms with Crippen molar-refractivity contribution < 1.29 is 5.11 Å². The molecule has 0 aromatic rings. The number of hydrogen-bond donors (Lipinski definition) is 2. The lowest BCUT2D eigenvalue weighted by atomic mass is 9.86. The van der Waals surface area contributed by atoms with E-state index in [-0.39, 0.29) is 11.4 Å². The Morgan fingerprint density at radius 3 is 2.40 bits per heavy atom. The second-order valence-corrected chi connectivity index (χ2v) is 4.37. The summed E-state index contributed by atoms with van der Waals surface area (Å²) in [5.74, 6) is 0. The Morgan fingerprint density at radius 2 is 2.20 bits per heavy atom. The third kappa shape index (κ3) is 1.48. The van der Waals surface area contributed by atoms with Crippen molar-refractivity contribution in [1.82, 2.24) is 0 Å². The Morgan fingerprint density at radius 1 is 1.60 bits per heavy atom. The van der Waals surface area contributed by atoms with Gasteiger partial charge in [-0.25, -0.2) is 0 Å². The predicted octanol–water partition coefficient (Wildman–Crippen LogP) is 1.86. The first-order valence-corrected chi connectivity index (χ1v) is 4.45. The fraction of sp³-hybridized carbons (Fsp3) is 1.00. The fourth-order valence-electron chi connectivity index (χ4n) is 1.65. The van der Waals surface area contributed by atoms with Gasteiger partial charge in [0.05, 0.1) is 6.10 Å². The molecule has 0 saturated heterocycles. The molecule has 1 saturated carbocycles. The van der Waals surface area contributed by atoms with Gasteiger partial charge in [0.25, 0.3) is 0 Å². The fourth-order valence-corrected chi connectivity index (χ4v) is 2.20. The highest BCUT2D eigenvalue weighted by molar-refractivity contribution is 7.81. The Balaban J connectivity index is 2.55. The standard InChI is InChI=1S/C8H16OS/c1-3-8(2)4-6(9)7(10)5-8/h6-7,9-10H,3-5H2,1-2H3. The summed E-state index contributed by atoms with van der Waals surface area (Å²) in [5, 5.41) is 9.60. The van der Waals surface area contributed by atoms with E-state index in [9.17, 15) is 5.11 Å². The zero-order valence-electron chi connectivity index (χ0n) is 6.67. The van der Waals surface area contributed by atoms with E-state index in [1.165, 1.54) is 0 Å². The van der Waals surface area contributed by atoms with Crippen LogP contribution in [-0.2, 0) is 0 Å². The average molecular weight is 160 g/mol. The molecule has 0 aliphatic heterocycles. The van der Waals surface area contributed by atoms with Crippen LogP contribution >= 0.6 is 12.6 Å². The molecule has 1 fully saturated rings. The topological polar surface area (TPSA) is 20.2 Å². The van der Waals surface area contributed by atoms with Crippen molar-refractivity contribution in [2.24, 2.45) is 5.41 Å². The summed E-state index contributed by atoms with van der Waals surface area (Å²) in [4.78, 5) is 0. The van der Waals surface area contributed by atoms with Crippen molar-refractivity contribution in [2.45, 2.75) is 44.5 Å². The number of hydrogen-bond acceptors (Lipinski definition) is 2. The van der Waals surface area contributed by atoms with Crippen molar-refractivity contribution >= 4 is 12.6 Å². The minimum Gasteiger partial charge on any atom is -0.392 e. The second-order valence-electron chi connectivity index (χ2n) is 3.71. The number of aliphatic hydroxyl groups is 1. The summed E-state index contributed by atoms with van der Waals surface area (Å²) in [6.45, 7) is 4.41. The van der Waals surface area contributed by atoms with Crippen molar-refractivity contribution in [3.8, 4) is 0 Å². The number of rotatable bonds is 1. The Kier molecular flexibility index (Phi) is 2.31. The summed E-state index contributed by atoms with van der Waals surface area (Å²) in [6, 6.07) is 0. The van der Waals surface area contributed by atoms with Gasteiger partial charge in [-0.1, -0.05) is 20.3 Å². The lowest BCUT2D eigenvalue weighted by molar-refractivity contribution is 0.165. The maximum absolute atomic E-state index is 9.39. The minimum atomic E-state index is -0.173. The highest BCUT2D eigenvalue weighted by atomic mass is 32.1. The van der Waals surface area contributed by atoms with Crippen LogP contribution in [0.25, 0.3) is 0 Å². The maximum atomic E-state index is 9.39. The van der Waals surface area contributed by atoms with Gasteiger partial charge in [0.1, 0.15) is 0 Å². The Labute approximate surface area is 68.2 Å². The molecular formula is C8H16OS. The Bertz CT molecular complexity index is 114. The van der Waals surface area contributed by atoms with Crippen molar-refractivity contribution in [2.75, 3.05) is 0 Å². The van der Waals surface area contributed by atoms with E-state index < -0.39 is 0 Å². The van der Waals surface area contributed by atoms with E-state index >= 15 is 0 Å². The molecule has 0 aromatic heterocycles. The molecule has 2 heteroatoms. The van der Waals surface area contributed by atoms with Gasteiger partial charge in [0.15, 0.2) is 0 Å². The van der Waals surface area contributed by atoms with Crippen LogP contribution < -0.4 is 0 Å². The SMILES string of the molecule is CCC1(C)CC(O)C(S)C1. The Hall–Kier alpha value is 0.310. The van der Waals surface area contributed by atoms with E-state index in [0.29, 0.717) is 5.41 Å². The van der Waals surface area contributed by atoms with Gasteiger partial charge in [-0.3, -0.25) is 0 Å². The summed E-state index contributed by atoms with van der Waals surface area (Å²) >= 11 is 4.30. The van der Waals surface area contributed by atoms with Gasteiger partial charge in [-0.2, -0.15) is 12.6 Å². The third-order valence-electron chi connectivity index (χ3n) is 2.70. The van der Waals surface area contributed by atoms with Crippen LogP contribution in [0.2, 0.25) is 0 Å². The summed E-state index contributed by atoms with van der Waals surface area (Å²) in [5.41, 5.74) is 0.353. The molecule has 3 atom stereocenters. The maximum Gasteiger partial charge on any atom is 0.0661 e. The first-order valence-electron chi connectivity index (χ1n) is 3.93. The molecule has 1 N–H and O–H groups in total. The lowest BCUT2D eigenvalue weighted by Gasteiger charge is -2.20. The molecule has 0 aromatic carbocycles. The highest BCUT2D eigenvalue weighted by Crippen LogP contribution is 2.42. The van der Waals surface area contributed by atoms with E-state index in [1.807, 2.05) is 0 Å². The largest absolute Gasteiger partial charge is 0.392 e. The van der Waals surface area contributed by atoms with Crippen molar-refractivity contribution in [3.63, 3.8) is 0 Å². The molecule has 1 aliphatic rings. The molecule has 0 heterocycles. The molecular weight excluding hydrogens is 144 g/mol. The normalized spacial score (nSPS) is 48.0. The van der Waals surface area contributed by atoms with Crippen LogP contribution in [0.1, 0.15) is 33.1 Å². The van der Waals surface area contributed by atoms with Crippen LogP contribution in [0.3, 0.4) is 0 Å². The summed E-state index contributed by atoms with van der Waals surface area (Å²) in [6.07, 6.45) is 2.97. The smallest absolute Gasteiger partial charge is 0.0661 e. The van der Waals surface area contributed by atoms with E-state index in [1.54, 1.807) is 0 Å². The summed E-state index contributed by atoms with van der Waals surface area (Å²) < 4.78 is 0. The van der Waals surface area contributed by atoms with Gasteiger partial charge >= 0.3 is 0 Å². The molecule has 0 amide bonds. The van der Waals surface area contributed by atoms with Crippen molar-refractivity contribution in [1.29, 1.82) is 0 Å². The van der Waals surface area contributed by atoms with Crippen LogP contribution in [0.5, 0.6) is 0 Å². The first kappa shape index (κ1) is 8.41. The second kappa shape index (κ2) is 2.74. The lowest BCUT2D eigenvalue weighted by Crippen LogP contribution is -2.12.